The van der Waals surface area contributed by atoms with Gasteiger partial charge in [0.2, 0.25) is 10.0 Å². The number of aromatic nitrogens is 1. The molecule has 8 heteroatoms. The van der Waals surface area contributed by atoms with E-state index in [4.69, 9.17) is 0 Å². The lowest BCUT2D eigenvalue weighted by atomic mass is 9.86. The summed E-state index contributed by atoms with van der Waals surface area (Å²) < 4.78 is 40.7. The zero-order valence-electron chi connectivity index (χ0n) is 14.5. The van der Waals surface area contributed by atoms with Crippen LogP contribution in [0.1, 0.15) is 39.5 Å². The van der Waals surface area contributed by atoms with Gasteiger partial charge in [-0.1, -0.05) is 17.4 Å². The maximum absolute atomic E-state index is 13.8. The molecule has 0 saturated heterocycles. The van der Waals surface area contributed by atoms with Gasteiger partial charge in [0.1, 0.15) is 5.82 Å². The fourth-order valence-corrected chi connectivity index (χ4v) is 4.81. The average Bonchev–Trinajstić information content (AvgIpc) is 2.98. The lowest BCUT2D eigenvalue weighted by Gasteiger charge is -2.29. The van der Waals surface area contributed by atoms with Crippen molar-refractivity contribution in [3.63, 3.8) is 0 Å². The minimum atomic E-state index is -3.19. The number of nitrogens with one attached hydrogen (secondary N) is 2. The fourth-order valence-electron chi connectivity index (χ4n) is 3.06. The van der Waals surface area contributed by atoms with E-state index in [-0.39, 0.29) is 5.82 Å². The van der Waals surface area contributed by atoms with Crippen LogP contribution in [0.2, 0.25) is 0 Å². The van der Waals surface area contributed by atoms with Crippen molar-refractivity contribution in [1.82, 2.24) is 9.71 Å². The van der Waals surface area contributed by atoms with Gasteiger partial charge in [0, 0.05) is 12.6 Å². The van der Waals surface area contributed by atoms with Crippen LogP contribution in [0.5, 0.6) is 0 Å². The summed E-state index contributed by atoms with van der Waals surface area (Å²) in [6.07, 6.45) is 3.87. The Morgan fingerprint density at radius 1 is 1.28 bits per heavy atom. The fraction of sp³-hybridized carbons (Fsp3) is 0.588. The molecule has 0 amide bonds. The Hall–Kier alpha value is -1.25. The predicted octanol–water partition coefficient (Wildman–Crippen LogP) is 3.73. The highest BCUT2D eigenvalue weighted by Crippen LogP contribution is 2.31. The van der Waals surface area contributed by atoms with Crippen molar-refractivity contribution in [3.8, 4) is 0 Å². The van der Waals surface area contributed by atoms with Crippen LogP contribution in [-0.2, 0) is 10.0 Å². The van der Waals surface area contributed by atoms with Crippen molar-refractivity contribution in [2.24, 2.45) is 5.92 Å². The van der Waals surface area contributed by atoms with E-state index in [1.54, 1.807) is 19.9 Å². The number of halogens is 1. The van der Waals surface area contributed by atoms with Gasteiger partial charge >= 0.3 is 0 Å². The first-order chi connectivity index (χ1) is 11.8. The van der Waals surface area contributed by atoms with Crippen LogP contribution in [0.25, 0.3) is 10.2 Å². The molecule has 0 bridgehead atoms. The highest BCUT2D eigenvalue weighted by molar-refractivity contribution is 7.90. The summed E-state index contributed by atoms with van der Waals surface area (Å²) in [6, 6.07) is 5.25. The Kier molecular flexibility index (Phi) is 5.60. The number of rotatable bonds is 6. The molecule has 1 heterocycles. The molecule has 0 aliphatic heterocycles. The quantitative estimate of drug-likeness (QED) is 0.795. The minimum Gasteiger partial charge on any atom is -0.359 e. The first-order valence-corrected chi connectivity index (χ1v) is 11.0. The van der Waals surface area contributed by atoms with E-state index < -0.39 is 15.3 Å². The molecule has 5 nitrogen and oxygen atoms in total. The summed E-state index contributed by atoms with van der Waals surface area (Å²) in [6.45, 7) is 3.88. The zero-order chi connectivity index (χ0) is 18.0. The Balaban J connectivity index is 1.51. The van der Waals surface area contributed by atoms with Gasteiger partial charge in [-0.25, -0.2) is 22.5 Å². The number of anilines is 1. The van der Waals surface area contributed by atoms with Crippen LogP contribution in [-0.4, -0.2) is 31.2 Å². The van der Waals surface area contributed by atoms with E-state index in [0.717, 1.165) is 30.8 Å². The number of fused-ring (bicyclic) bond motifs is 1. The van der Waals surface area contributed by atoms with E-state index >= 15 is 0 Å². The molecule has 0 spiro atoms. The van der Waals surface area contributed by atoms with Gasteiger partial charge in [0.05, 0.1) is 15.5 Å². The first kappa shape index (κ1) is 18.5. The largest absolute Gasteiger partial charge is 0.359 e. The third-order valence-electron chi connectivity index (χ3n) is 4.74. The molecule has 25 heavy (non-hydrogen) atoms. The molecule has 1 aliphatic carbocycles. The second kappa shape index (κ2) is 7.55. The second-order valence-corrected chi connectivity index (χ2v) is 10.2. The van der Waals surface area contributed by atoms with Crippen LogP contribution in [0.3, 0.4) is 0 Å². The van der Waals surface area contributed by atoms with Gasteiger partial charge in [-0.3, -0.25) is 0 Å². The van der Waals surface area contributed by atoms with Crippen molar-refractivity contribution >= 4 is 36.7 Å². The topological polar surface area (TPSA) is 71.1 Å². The van der Waals surface area contributed by atoms with Crippen LogP contribution in [0.15, 0.2) is 18.2 Å². The molecule has 1 fully saturated rings. The van der Waals surface area contributed by atoms with Crippen molar-refractivity contribution in [2.75, 3.05) is 11.9 Å². The van der Waals surface area contributed by atoms with E-state index in [2.05, 4.69) is 15.0 Å². The molecule has 1 aromatic heterocycles. The minimum absolute atomic E-state index is 0.232. The first-order valence-electron chi connectivity index (χ1n) is 8.65. The molecular formula is C17H24FN3O2S2. The van der Waals surface area contributed by atoms with E-state index in [0.29, 0.717) is 28.7 Å². The molecule has 138 valence electrons. The van der Waals surface area contributed by atoms with Crippen molar-refractivity contribution < 1.29 is 12.8 Å². The van der Waals surface area contributed by atoms with Crippen LogP contribution < -0.4 is 10.0 Å². The van der Waals surface area contributed by atoms with Crippen LogP contribution >= 0.6 is 11.3 Å². The molecule has 1 saturated carbocycles. The number of thiazole rings is 1. The summed E-state index contributed by atoms with van der Waals surface area (Å²) in [7, 11) is -3.19. The number of hydrogen-bond donors (Lipinski definition) is 2. The lowest BCUT2D eigenvalue weighted by Crippen LogP contribution is -2.37. The maximum Gasteiger partial charge on any atom is 0.213 e. The SMILES string of the molecule is CC(C)S(=O)(=O)NCC1CCC(Nc2nc3cccc(F)c3s2)CC1. The molecule has 1 aliphatic rings. The average molecular weight is 386 g/mol. The smallest absolute Gasteiger partial charge is 0.213 e. The summed E-state index contributed by atoms with van der Waals surface area (Å²) in [5.74, 6) is 0.142. The third-order valence-corrected chi connectivity index (χ3v) is 7.56. The number of hydrogen-bond acceptors (Lipinski definition) is 5. The molecule has 0 unspecified atom stereocenters. The van der Waals surface area contributed by atoms with Gasteiger partial charge < -0.3 is 5.32 Å². The molecule has 3 rings (SSSR count). The Morgan fingerprint density at radius 2 is 2.00 bits per heavy atom. The summed E-state index contributed by atoms with van der Waals surface area (Å²) >= 11 is 1.35. The van der Waals surface area contributed by atoms with Gasteiger partial charge in [0.25, 0.3) is 0 Å². The number of benzene rings is 1. The van der Waals surface area contributed by atoms with Crippen molar-refractivity contribution in [3.05, 3.63) is 24.0 Å². The van der Waals surface area contributed by atoms with Gasteiger partial charge in [-0.15, -0.1) is 0 Å². The zero-order valence-corrected chi connectivity index (χ0v) is 16.1. The highest BCUT2D eigenvalue weighted by atomic mass is 32.2. The molecule has 2 aromatic rings. The Bertz CT molecular complexity index is 828. The molecule has 0 radical (unpaired) electrons. The summed E-state index contributed by atoms with van der Waals surface area (Å²) in [5.41, 5.74) is 0.685. The molecular weight excluding hydrogens is 361 g/mol. The van der Waals surface area contributed by atoms with Gasteiger partial charge in [-0.05, 0) is 57.6 Å². The number of nitrogens with zero attached hydrogens (tertiary/aromatic N) is 1. The molecule has 1 aromatic carbocycles. The highest BCUT2D eigenvalue weighted by Gasteiger charge is 2.24. The predicted molar refractivity (Wildman–Crippen MR) is 101 cm³/mol. The monoisotopic (exact) mass is 385 g/mol. The summed E-state index contributed by atoms with van der Waals surface area (Å²) in [4.78, 5) is 4.45. The Labute approximate surface area is 152 Å². The molecule has 0 atom stereocenters. The van der Waals surface area contributed by atoms with E-state index in [1.807, 2.05) is 6.07 Å². The van der Waals surface area contributed by atoms with Gasteiger partial charge in [0.15, 0.2) is 5.13 Å². The summed E-state index contributed by atoms with van der Waals surface area (Å²) in [5, 5.41) is 3.77. The van der Waals surface area contributed by atoms with Crippen LogP contribution in [0.4, 0.5) is 9.52 Å². The number of sulfonamides is 1. The maximum atomic E-state index is 13.8. The third kappa shape index (κ3) is 4.48. The van der Waals surface area contributed by atoms with Crippen LogP contribution in [0, 0.1) is 11.7 Å². The van der Waals surface area contributed by atoms with Crippen molar-refractivity contribution in [1.29, 1.82) is 0 Å². The Morgan fingerprint density at radius 3 is 2.64 bits per heavy atom. The van der Waals surface area contributed by atoms with Crippen molar-refractivity contribution in [2.45, 2.75) is 50.8 Å². The van der Waals surface area contributed by atoms with E-state index in [9.17, 15) is 12.8 Å². The second-order valence-electron chi connectivity index (χ2n) is 6.91. The lowest BCUT2D eigenvalue weighted by molar-refractivity contribution is 0.337. The van der Waals surface area contributed by atoms with E-state index in [1.165, 1.54) is 17.4 Å². The normalized spacial score (nSPS) is 21.8. The standard InChI is InChI=1S/C17H24FN3O2S2/c1-11(2)25(22,23)19-10-12-6-8-13(9-7-12)20-17-21-15-5-3-4-14(18)16(15)24-17/h3-5,11-13,19H,6-10H2,1-2H3,(H,20,21). The van der Waals surface area contributed by atoms with Gasteiger partial charge in [-0.2, -0.15) is 0 Å². The molecule has 2 N–H and O–H groups in total.